The van der Waals surface area contributed by atoms with Gasteiger partial charge in [0.25, 0.3) is 0 Å². The van der Waals surface area contributed by atoms with Gasteiger partial charge in [0.15, 0.2) is 0 Å². The lowest BCUT2D eigenvalue weighted by molar-refractivity contribution is -0.117. The number of anilines is 1. The van der Waals surface area contributed by atoms with Crippen LogP contribution in [0.5, 0.6) is 0 Å². The number of aliphatic hydroxyl groups excluding tert-OH is 1. The molecule has 0 saturated carbocycles. The second kappa shape index (κ2) is 6.66. The third-order valence-corrected chi connectivity index (χ3v) is 4.14. The molecule has 102 valence electrons. The van der Waals surface area contributed by atoms with Crippen LogP contribution in [0, 0.1) is 17.2 Å². The van der Waals surface area contributed by atoms with E-state index in [0.29, 0.717) is 23.0 Å². The predicted octanol–water partition coefficient (Wildman–Crippen LogP) is 1.26. The van der Waals surface area contributed by atoms with Crippen molar-refractivity contribution in [3.8, 4) is 6.07 Å². The van der Waals surface area contributed by atoms with Crippen molar-refractivity contribution in [2.75, 3.05) is 31.6 Å². The third-order valence-electron chi connectivity index (χ3n) is 3.31. The Bertz CT molecular complexity index is 480. The first-order valence-electron chi connectivity index (χ1n) is 6.33. The average Bonchev–Trinajstić information content (AvgIpc) is 2.99. The van der Waals surface area contributed by atoms with Crippen LogP contribution >= 0.6 is 11.3 Å². The summed E-state index contributed by atoms with van der Waals surface area (Å²) >= 11 is 1.36. The maximum Gasteiger partial charge on any atom is 0.239 e. The summed E-state index contributed by atoms with van der Waals surface area (Å²) < 4.78 is 0. The Kier molecular flexibility index (Phi) is 4.91. The number of nitrogens with zero attached hydrogens (tertiary/aromatic N) is 2. The Labute approximate surface area is 116 Å². The molecule has 6 heteroatoms. The number of amides is 1. The number of carbonyl (C=O) groups excluding carboxylic acids is 1. The van der Waals surface area contributed by atoms with Gasteiger partial charge in [-0.25, -0.2) is 0 Å². The molecule has 2 heterocycles. The van der Waals surface area contributed by atoms with Gasteiger partial charge in [-0.2, -0.15) is 5.26 Å². The minimum Gasteiger partial charge on any atom is -0.396 e. The fraction of sp³-hybridized carbons (Fsp3) is 0.538. The van der Waals surface area contributed by atoms with Crippen LogP contribution < -0.4 is 5.32 Å². The van der Waals surface area contributed by atoms with Crippen LogP contribution in [-0.4, -0.2) is 42.2 Å². The predicted molar refractivity (Wildman–Crippen MR) is 73.9 cm³/mol. The van der Waals surface area contributed by atoms with E-state index in [9.17, 15) is 4.79 Å². The molecule has 1 aromatic heterocycles. The monoisotopic (exact) mass is 279 g/mol. The van der Waals surface area contributed by atoms with E-state index in [-0.39, 0.29) is 12.5 Å². The number of thiophene rings is 1. The van der Waals surface area contributed by atoms with Gasteiger partial charge < -0.3 is 10.4 Å². The molecule has 0 radical (unpaired) electrons. The molecule has 19 heavy (non-hydrogen) atoms. The molecule has 1 amide bonds. The van der Waals surface area contributed by atoms with Crippen molar-refractivity contribution in [3.05, 3.63) is 17.0 Å². The van der Waals surface area contributed by atoms with Gasteiger partial charge in [0.2, 0.25) is 5.91 Å². The number of nitrogens with one attached hydrogen (secondary N) is 1. The zero-order valence-electron chi connectivity index (χ0n) is 10.6. The normalized spacial score (nSPS) is 19.3. The molecule has 1 aromatic rings. The summed E-state index contributed by atoms with van der Waals surface area (Å²) in [6, 6.07) is 3.75. The standard InChI is InChI=1S/C13H17N3O2S/c14-7-11-3-6-19-13(11)15-12(18)9-16-4-1-10(8-16)2-5-17/h3,6,10,17H,1-2,4-5,8-9H2,(H,15,18). The van der Waals surface area contributed by atoms with Crippen molar-refractivity contribution < 1.29 is 9.90 Å². The quantitative estimate of drug-likeness (QED) is 0.851. The lowest BCUT2D eigenvalue weighted by atomic mass is 10.1. The highest BCUT2D eigenvalue weighted by molar-refractivity contribution is 7.14. The molecule has 0 spiro atoms. The van der Waals surface area contributed by atoms with Gasteiger partial charge in [0, 0.05) is 13.2 Å². The van der Waals surface area contributed by atoms with Gasteiger partial charge >= 0.3 is 0 Å². The summed E-state index contributed by atoms with van der Waals surface area (Å²) in [5, 5.41) is 23.0. The number of rotatable bonds is 5. The summed E-state index contributed by atoms with van der Waals surface area (Å²) in [7, 11) is 0. The third kappa shape index (κ3) is 3.77. The number of hydrogen-bond donors (Lipinski definition) is 2. The maximum absolute atomic E-state index is 11.9. The fourth-order valence-corrected chi connectivity index (χ4v) is 3.09. The molecular formula is C13H17N3O2S. The van der Waals surface area contributed by atoms with Crippen molar-refractivity contribution in [1.82, 2.24) is 4.90 Å². The topological polar surface area (TPSA) is 76.4 Å². The van der Waals surface area contributed by atoms with Crippen molar-refractivity contribution in [1.29, 1.82) is 5.26 Å². The molecule has 2 N–H and O–H groups in total. The Morgan fingerprint density at radius 1 is 1.68 bits per heavy atom. The molecule has 1 atom stereocenters. The number of nitriles is 1. The Morgan fingerprint density at radius 2 is 2.53 bits per heavy atom. The van der Waals surface area contributed by atoms with Crippen molar-refractivity contribution in [3.63, 3.8) is 0 Å². The minimum absolute atomic E-state index is 0.0800. The van der Waals surface area contributed by atoms with E-state index in [0.717, 1.165) is 25.9 Å². The van der Waals surface area contributed by atoms with E-state index < -0.39 is 0 Å². The summed E-state index contributed by atoms with van der Waals surface area (Å²) in [5.41, 5.74) is 0.512. The fourth-order valence-electron chi connectivity index (χ4n) is 2.34. The molecule has 1 saturated heterocycles. The van der Waals surface area contributed by atoms with E-state index in [4.69, 9.17) is 10.4 Å². The van der Waals surface area contributed by atoms with Gasteiger partial charge in [-0.15, -0.1) is 11.3 Å². The lowest BCUT2D eigenvalue weighted by Gasteiger charge is -2.15. The van der Waals surface area contributed by atoms with Crippen LogP contribution in [0.1, 0.15) is 18.4 Å². The second-order valence-corrected chi connectivity index (χ2v) is 5.64. The molecule has 1 aliphatic rings. The smallest absolute Gasteiger partial charge is 0.239 e. The average molecular weight is 279 g/mol. The van der Waals surface area contributed by atoms with Gasteiger partial charge in [-0.05, 0) is 36.8 Å². The van der Waals surface area contributed by atoms with Crippen LogP contribution in [-0.2, 0) is 4.79 Å². The van der Waals surface area contributed by atoms with Crippen LogP contribution in [0.25, 0.3) is 0 Å². The molecule has 1 fully saturated rings. The summed E-state index contributed by atoms with van der Waals surface area (Å²) in [5.74, 6) is 0.415. The Balaban J connectivity index is 1.81. The first-order chi connectivity index (χ1) is 9.22. The summed E-state index contributed by atoms with van der Waals surface area (Å²) in [4.78, 5) is 14.0. The first-order valence-corrected chi connectivity index (χ1v) is 7.21. The molecule has 0 aliphatic carbocycles. The van der Waals surface area contributed by atoms with E-state index in [1.165, 1.54) is 11.3 Å². The van der Waals surface area contributed by atoms with Crippen molar-refractivity contribution in [2.45, 2.75) is 12.8 Å². The van der Waals surface area contributed by atoms with E-state index in [1.54, 1.807) is 11.4 Å². The molecule has 1 aliphatic heterocycles. The zero-order chi connectivity index (χ0) is 13.7. The molecular weight excluding hydrogens is 262 g/mol. The Hall–Kier alpha value is -1.42. The van der Waals surface area contributed by atoms with Gasteiger partial charge in [0.1, 0.15) is 11.1 Å². The van der Waals surface area contributed by atoms with Gasteiger partial charge in [0.05, 0.1) is 12.1 Å². The van der Waals surface area contributed by atoms with Crippen LogP contribution in [0.3, 0.4) is 0 Å². The summed E-state index contributed by atoms with van der Waals surface area (Å²) in [6.45, 7) is 2.33. The highest BCUT2D eigenvalue weighted by Crippen LogP contribution is 2.23. The second-order valence-electron chi connectivity index (χ2n) is 4.73. The molecule has 0 aromatic carbocycles. The molecule has 0 bridgehead atoms. The van der Waals surface area contributed by atoms with Crippen molar-refractivity contribution in [2.24, 2.45) is 5.92 Å². The Morgan fingerprint density at radius 3 is 3.26 bits per heavy atom. The first kappa shape index (κ1) is 14.0. The summed E-state index contributed by atoms with van der Waals surface area (Å²) in [6.07, 6.45) is 1.85. The molecule has 1 unspecified atom stereocenters. The number of carbonyl (C=O) groups is 1. The van der Waals surface area contributed by atoms with Gasteiger partial charge in [-0.1, -0.05) is 0 Å². The van der Waals surface area contributed by atoms with E-state index in [1.807, 2.05) is 0 Å². The minimum atomic E-state index is -0.0800. The number of likely N-dealkylation sites (tertiary alicyclic amines) is 1. The van der Waals surface area contributed by atoms with E-state index >= 15 is 0 Å². The van der Waals surface area contributed by atoms with Gasteiger partial charge in [-0.3, -0.25) is 9.69 Å². The largest absolute Gasteiger partial charge is 0.396 e. The number of hydrogen-bond acceptors (Lipinski definition) is 5. The number of aliphatic hydroxyl groups is 1. The highest BCUT2D eigenvalue weighted by Gasteiger charge is 2.23. The highest BCUT2D eigenvalue weighted by atomic mass is 32.1. The van der Waals surface area contributed by atoms with E-state index in [2.05, 4.69) is 16.3 Å². The maximum atomic E-state index is 11.9. The van der Waals surface area contributed by atoms with Crippen molar-refractivity contribution >= 4 is 22.2 Å². The van der Waals surface area contributed by atoms with Crippen LogP contribution in [0.15, 0.2) is 11.4 Å². The zero-order valence-corrected chi connectivity index (χ0v) is 11.4. The SMILES string of the molecule is N#Cc1ccsc1NC(=O)CN1CCC(CCO)C1. The van der Waals surface area contributed by atoms with Crippen LogP contribution in [0.4, 0.5) is 5.00 Å². The molecule has 5 nitrogen and oxygen atoms in total. The molecule has 2 rings (SSSR count). The van der Waals surface area contributed by atoms with Crippen LogP contribution in [0.2, 0.25) is 0 Å². The lowest BCUT2D eigenvalue weighted by Crippen LogP contribution is -2.31.